The molecule has 0 radical (unpaired) electrons. The standard InChI is InChI=1S/C15H17ClN4O2/c16-12-4-3-10(7-17)13(6-12)19-14(21)9-20-5-1-2-11(8-20)15(18)22/h3-4,6,11H,1-2,5,8-9H2,(H2,18,22)(H,19,21)/p+1/t11-/m1/s1. The van der Waals surface area contributed by atoms with Gasteiger partial charge in [0, 0.05) is 5.02 Å². The molecule has 1 saturated heterocycles. The quantitative estimate of drug-likeness (QED) is 0.723. The Balaban J connectivity index is 1.97. The van der Waals surface area contributed by atoms with E-state index >= 15 is 0 Å². The first-order chi connectivity index (χ1) is 10.5. The van der Waals surface area contributed by atoms with Crippen molar-refractivity contribution in [3.63, 3.8) is 0 Å². The molecule has 2 amide bonds. The number of carbonyl (C=O) groups excluding carboxylic acids is 2. The summed E-state index contributed by atoms with van der Waals surface area (Å²) in [6.07, 6.45) is 1.66. The van der Waals surface area contributed by atoms with Crippen LogP contribution in [0.5, 0.6) is 0 Å². The van der Waals surface area contributed by atoms with Gasteiger partial charge in [-0.3, -0.25) is 9.59 Å². The van der Waals surface area contributed by atoms with E-state index in [4.69, 9.17) is 22.6 Å². The average Bonchev–Trinajstić information content (AvgIpc) is 2.47. The van der Waals surface area contributed by atoms with E-state index in [1.54, 1.807) is 18.2 Å². The maximum atomic E-state index is 12.1. The van der Waals surface area contributed by atoms with Crippen LogP contribution in [0, 0.1) is 17.2 Å². The van der Waals surface area contributed by atoms with Crippen molar-refractivity contribution in [1.82, 2.24) is 0 Å². The molecule has 0 aliphatic carbocycles. The summed E-state index contributed by atoms with van der Waals surface area (Å²) in [5.74, 6) is -0.685. The molecule has 2 atom stereocenters. The van der Waals surface area contributed by atoms with E-state index in [1.165, 1.54) is 0 Å². The normalized spacial score (nSPS) is 20.9. The van der Waals surface area contributed by atoms with Crippen LogP contribution in [0.25, 0.3) is 0 Å². The van der Waals surface area contributed by atoms with Crippen molar-refractivity contribution >= 4 is 29.1 Å². The first-order valence-electron chi connectivity index (χ1n) is 7.12. The van der Waals surface area contributed by atoms with E-state index in [2.05, 4.69) is 5.32 Å². The Morgan fingerprint density at radius 2 is 2.27 bits per heavy atom. The molecule has 7 heteroatoms. The monoisotopic (exact) mass is 321 g/mol. The number of rotatable bonds is 4. The molecule has 2 rings (SSSR count). The summed E-state index contributed by atoms with van der Waals surface area (Å²) in [7, 11) is 0. The molecule has 116 valence electrons. The highest BCUT2D eigenvalue weighted by atomic mass is 35.5. The van der Waals surface area contributed by atoms with Gasteiger partial charge in [0.1, 0.15) is 6.07 Å². The van der Waals surface area contributed by atoms with E-state index in [0.717, 1.165) is 24.3 Å². The number of hydrogen-bond donors (Lipinski definition) is 3. The number of benzene rings is 1. The lowest BCUT2D eigenvalue weighted by atomic mass is 9.97. The predicted molar refractivity (Wildman–Crippen MR) is 82.3 cm³/mol. The summed E-state index contributed by atoms with van der Waals surface area (Å²) in [6, 6.07) is 6.73. The number of halogens is 1. The van der Waals surface area contributed by atoms with Gasteiger partial charge < -0.3 is 16.0 Å². The van der Waals surface area contributed by atoms with E-state index in [1.807, 2.05) is 6.07 Å². The second-order valence-electron chi connectivity index (χ2n) is 5.47. The minimum Gasteiger partial charge on any atom is -0.369 e. The third kappa shape index (κ3) is 4.20. The first-order valence-corrected chi connectivity index (χ1v) is 7.49. The summed E-state index contributed by atoms with van der Waals surface area (Å²) in [6.45, 7) is 1.64. The number of hydrogen-bond acceptors (Lipinski definition) is 3. The Labute approximate surface area is 133 Å². The van der Waals surface area contributed by atoms with Gasteiger partial charge in [0.25, 0.3) is 5.91 Å². The zero-order valence-electron chi connectivity index (χ0n) is 12.1. The number of carbonyl (C=O) groups is 2. The van der Waals surface area contributed by atoms with Crippen molar-refractivity contribution in [1.29, 1.82) is 5.26 Å². The third-order valence-corrected chi connectivity index (χ3v) is 4.04. The number of nitrogens with one attached hydrogen (secondary N) is 2. The van der Waals surface area contributed by atoms with Gasteiger partial charge in [-0.25, -0.2) is 0 Å². The maximum Gasteiger partial charge on any atom is 0.279 e. The molecule has 1 aromatic carbocycles. The number of likely N-dealkylation sites (tertiary alicyclic amines) is 1. The molecule has 1 aliphatic rings. The Morgan fingerprint density at radius 1 is 1.50 bits per heavy atom. The van der Waals surface area contributed by atoms with Crippen molar-refractivity contribution in [2.24, 2.45) is 11.7 Å². The lowest BCUT2D eigenvalue weighted by molar-refractivity contribution is -0.899. The van der Waals surface area contributed by atoms with Crippen molar-refractivity contribution in [2.45, 2.75) is 12.8 Å². The maximum absolute atomic E-state index is 12.1. The second-order valence-corrected chi connectivity index (χ2v) is 5.91. The fourth-order valence-corrected chi connectivity index (χ4v) is 2.87. The molecule has 1 fully saturated rings. The molecular weight excluding hydrogens is 304 g/mol. The molecule has 4 N–H and O–H groups in total. The topological polar surface area (TPSA) is 100 Å². The molecule has 1 aliphatic heterocycles. The highest BCUT2D eigenvalue weighted by Gasteiger charge is 2.28. The van der Waals surface area contributed by atoms with Crippen LogP contribution in [0.3, 0.4) is 0 Å². The van der Waals surface area contributed by atoms with E-state index in [-0.39, 0.29) is 24.3 Å². The van der Waals surface area contributed by atoms with Crippen LogP contribution in [0.1, 0.15) is 18.4 Å². The Kier molecular flexibility index (Phi) is 5.36. The minimum absolute atomic E-state index is 0.169. The zero-order chi connectivity index (χ0) is 16.1. The molecular formula is C15H18ClN4O2+. The second kappa shape index (κ2) is 7.25. The van der Waals surface area contributed by atoms with Gasteiger partial charge in [0.2, 0.25) is 5.91 Å². The number of piperidine rings is 1. The number of nitrogens with zero attached hydrogens (tertiary/aromatic N) is 1. The van der Waals surface area contributed by atoms with Gasteiger partial charge >= 0.3 is 0 Å². The predicted octanol–water partition coefficient (Wildman–Crippen LogP) is -0.0696. The number of nitriles is 1. The van der Waals surface area contributed by atoms with Crippen molar-refractivity contribution < 1.29 is 14.5 Å². The van der Waals surface area contributed by atoms with Gasteiger partial charge in [-0.15, -0.1) is 0 Å². The zero-order valence-corrected chi connectivity index (χ0v) is 12.8. The number of anilines is 1. The highest BCUT2D eigenvalue weighted by Crippen LogP contribution is 2.20. The van der Waals surface area contributed by atoms with Crippen molar-refractivity contribution in [3.8, 4) is 6.07 Å². The first kappa shape index (κ1) is 16.3. The molecule has 0 aromatic heterocycles. The van der Waals surface area contributed by atoms with E-state index in [0.29, 0.717) is 22.8 Å². The Hall–Kier alpha value is -2.10. The van der Waals surface area contributed by atoms with Gasteiger partial charge in [-0.1, -0.05) is 11.6 Å². The summed E-state index contributed by atoms with van der Waals surface area (Å²) >= 11 is 5.89. The fourth-order valence-electron chi connectivity index (χ4n) is 2.69. The van der Waals surface area contributed by atoms with Crippen LogP contribution in [0.2, 0.25) is 5.02 Å². The molecule has 1 heterocycles. The molecule has 0 saturated carbocycles. The Morgan fingerprint density at radius 3 is 2.95 bits per heavy atom. The minimum atomic E-state index is -0.306. The SMILES string of the molecule is N#Cc1ccc(Cl)cc1NC(=O)C[NH+]1CCC[C@@H](C(N)=O)C1. The molecule has 0 spiro atoms. The highest BCUT2D eigenvalue weighted by molar-refractivity contribution is 6.31. The summed E-state index contributed by atoms with van der Waals surface area (Å²) in [5.41, 5.74) is 6.10. The van der Waals surface area contributed by atoms with Crippen LogP contribution in [-0.2, 0) is 9.59 Å². The van der Waals surface area contributed by atoms with E-state index < -0.39 is 0 Å². The van der Waals surface area contributed by atoms with Crippen LogP contribution >= 0.6 is 11.6 Å². The summed E-state index contributed by atoms with van der Waals surface area (Å²) in [4.78, 5) is 24.4. The fraction of sp³-hybridized carbons (Fsp3) is 0.400. The van der Waals surface area contributed by atoms with Crippen LogP contribution in [0.4, 0.5) is 5.69 Å². The molecule has 1 aromatic rings. The number of nitrogens with two attached hydrogens (primary N) is 1. The van der Waals surface area contributed by atoms with Gasteiger partial charge in [-0.05, 0) is 31.0 Å². The number of quaternary nitrogens is 1. The lowest BCUT2D eigenvalue weighted by Gasteiger charge is -2.27. The largest absolute Gasteiger partial charge is 0.369 e. The molecule has 22 heavy (non-hydrogen) atoms. The summed E-state index contributed by atoms with van der Waals surface area (Å²) < 4.78 is 0. The van der Waals surface area contributed by atoms with Gasteiger partial charge in [-0.2, -0.15) is 5.26 Å². The van der Waals surface area contributed by atoms with E-state index in [9.17, 15) is 9.59 Å². The lowest BCUT2D eigenvalue weighted by Crippen LogP contribution is -3.14. The number of amides is 2. The molecule has 1 unspecified atom stereocenters. The van der Waals surface area contributed by atoms with Crippen molar-refractivity contribution in [2.75, 3.05) is 25.0 Å². The van der Waals surface area contributed by atoms with Crippen LogP contribution in [0.15, 0.2) is 18.2 Å². The van der Waals surface area contributed by atoms with Gasteiger partial charge in [0.05, 0.1) is 30.3 Å². The molecule has 0 bridgehead atoms. The van der Waals surface area contributed by atoms with Crippen LogP contribution < -0.4 is 16.0 Å². The third-order valence-electron chi connectivity index (χ3n) is 3.81. The average molecular weight is 322 g/mol. The Bertz CT molecular complexity index is 626. The number of primary amides is 1. The summed E-state index contributed by atoms with van der Waals surface area (Å²) in [5, 5.41) is 12.2. The van der Waals surface area contributed by atoms with Gasteiger partial charge in [0.15, 0.2) is 6.54 Å². The van der Waals surface area contributed by atoms with Crippen molar-refractivity contribution in [3.05, 3.63) is 28.8 Å². The van der Waals surface area contributed by atoms with Crippen LogP contribution in [-0.4, -0.2) is 31.4 Å². The smallest absolute Gasteiger partial charge is 0.279 e. The molecule has 6 nitrogen and oxygen atoms in total.